The molecule has 1 aromatic rings. The van der Waals surface area contributed by atoms with Crippen LogP contribution in [-0.2, 0) is 4.79 Å². The van der Waals surface area contributed by atoms with Crippen molar-refractivity contribution in [1.82, 2.24) is 0 Å². The molecule has 0 aromatic heterocycles. The molecule has 0 saturated carbocycles. The topological polar surface area (TPSA) is 84.0 Å². The van der Waals surface area contributed by atoms with E-state index in [4.69, 9.17) is 5.26 Å². The number of allylic oxidation sites excluding steroid dienone is 1. The number of carbonyl (C=O) groups is 1. The van der Waals surface area contributed by atoms with Gasteiger partial charge >= 0.3 is 5.70 Å². The maximum absolute atomic E-state index is 11.4. The van der Waals surface area contributed by atoms with Crippen LogP contribution < -0.4 is 0 Å². The summed E-state index contributed by atoms with van der Waals surface area (Å²) in [5.74, 6) is -0.553. The van der Waals surface area contributed by atoms with Gasteiger partial charge in [-0.1, -0.05) is 25.1 Å². The van der Waals surface area contributed by atoms with Crippen LogP contribution >= 0.6 is 0 Å². The molecule has 1 aromatic carbocycles. The lowest BCUT2D eigenvalue weighted by Gasteiger charge is -1.98. The van der Waals surface area contributed by atoms with Crippen molar-refractivity contribution in [2.75, 3.05) is 0 Å². The summed E-state index contributed by atoms with van der Waals surface area (Å²) in [6, 6.07) is 8.33. The van der Waals surface area contributed by atoms with E-state index in [1.165, 1.54) is 0 Å². The Hall–Kier alpha value is -2.48. The molecule has 0 amide bonds. The molecule has 0 N–H and O–H groups in total. The van der Waals surface area contributed by atoms with Gasteiger partial charge in [0.15, 0.2) is 0 Å². The first kappa shape index (κ1) is 12.6. The minimum Gasteiger partial charge on any atom is -0.287 e. The summed E-state index contributed by atoms with van der Waals surface area (Å²) in [7, 11) is 0. The van der Waals surface area contributed by atoms with Gasteiger partial charge in [-0.3, -0.25) is 14.9 Å². The predicted octanol–water partition coefficient (Wildman–Crippen LogP) is 2.15. The minimum atomic E-state index is -0.722. The highest BCUT2D eigenvalue weighted by molar-refractivity contribution is 5.97. The molecule has 0 saturated heterocycles. The van der Waals surface area contributed by atoms with Crippen LogP contribution in [-0.4, -0.2) is 10.7 Å². The van der Waals surface area contributed by atoms with E-state index in [0.717, 1.165) is 6.08 Å². The van der Waals surface area contributed by atoms with Crippen LogP contribution in [0.4, 0.5) is 0 Å². The second-order valence-corrected chi connectivity index (χ2v) is 3.26. The molecule has 0 aliphatic carbocycles. The summed E-state index contributed by atoms with van der Waals surface area (Å²) in [5.41, 5.74) is 0.189. The van der Waals surface area contributed by atoms with E-state index in [-0.39, 0.29) is 6.42 Å². The van der Waals surface area contributed by atoms with Crippen molar-refractivity contribution in [2.45, 2.75) is 13.3 Å². The zero-order valence-electron chi connectivity index (χ0n) is 9.21. The number of Topliss-reactive ketones (excluding diaryl/α,β-unsaturated/α-hetero) is 1. The van der Waals surface area contributed by atoms with Gasteiger partial charge in [0, 0.05) is 12.5 Å². The molecule has 0 fully saturated rings. The quantitative estimate of drug-likeness (QED) is 0.450. The average molecular weight is 230 g/mol. The third-order valence-corrected chi connectivity index (χ3v) is 2.18. The average Bonchev–Trinajstić information content (AvgIpc) is 2.35. The Morgan fingerprint density at radius 1 is 1.53 bits per heavy atom. The normalized spacial score (nSPS) is 10.7. The molecule has 17 heavy (non-hydrogen) atoms. The van der Waals surface area contributed by atoms with Crippen molar-refractivity contribution in [3.8, 4) is 6.07 Å². The number of rotatable bonds is 4. The summed E-state index contributed by atoms with van der Waals surface area (Å²) in [4.78, 5) is 21.4. The number of hydrogen-bond acceptors (Lipinski definition) is 4. The number of nitrogens with zero attached hydrogens (tertiary/aromatic N) is 2. The SMILES string of the molecule is CCC(=O)/C(=C/c1ccccc1C#N)[N+](=O)[O-]. The van der Waals surface area contributed by atoms with Crippen molar-refractivity contribution in [1.29, 1.82) is 5.26 Å². The first-order valence-corrected chi connectivity index (χ1v) is 4.98. The van der Waals surface area contributed by atoms with Crippen LogP contribution in [0.2, 0.25) is 0 Å². The molecule has 0 unspecified atom stereocenters. The number of benzene rings is 1. The molecule has 1 rings (SSSR count). The van der Waals surface area contributed by atoms with Crippen LogP contribution in [0.25, 0.3) is 6.08 Å². The fourth-order valence-corrected chi connectivity index (χ4v) is 1.29. The predicted molar refractivity (Wildman–Crippen MR) is 61.4 cm³/mol. The monoisotopic (exact) mass is 230 g/mol. The molecule has 0 aliphatic rings. The smallest absolute Gasteiger partial charge is 0.287 e. The Morgan fingerprint density at radius 3 is 2.71 bits per heavy atom. The molecule has 0 atom stereocenters. The van der Waals surface area contributed by atoms with E-state index in [9.17, 15) is 14.9 Å². The lowest BCUT2D eigenvalue weighted by Crippen LogP contribution is -2.10. The van der Waals surface area contributed by atoms with Crippen LogP contribution in [0.5, 0.6) is 0 Å². The fraction of sp³-hybridized carbons (Fsp3) is 0.167. The number of ketones is 1. The minimum absolute atomic E-state index is 0.0571. The molecule has 86 valence electrons. The maximum atomic E-state index is 11.4. The number of nitriles is 1. The number of hydrogen-bond donors (Lipinski definition) is 0. The molecule has 5 nitrogen and oxygen atoms in total. The van der Waals surface area contributed by atoms with Crippen LogP contribution in [0.1, 0.15) is 24.5 Å². The summed E-state index contributed by atoms with van der Waals surface area (Å²) in [5, 5.41) is 19.6. The second kappa shape index (κ2) is 5.56. The first-order chi connectivity index (χ1) is 8.10. The van der Waals surface area contributed by atoms with Crippen molar-refractivity contribution < 1.29 is 9.72 Å². The van der Waals surface area contributed by atoms with Gasteiger partial charge in [0.2, 0.25) is 5.78 Å². The van der Waals surface area contributed by atoms with Gasteiger partial charge in [0.05, 0.1) is 16.6 Å². The van der Waals surface area contributed by atoms with E-state index in [0.29, 0.717) is 11.1 Å². The maximum Gasteiger partial charge on any atom is 0.312 e. The highest BCUT2D eigenvalue weighted by atomic mass is 16.6. The van der Waals surface area contributed by atoms with Crippen molar-refractivity contribution in [3.05, 3.63) is 51.2 Å². The molecule has 0 radical (unpaired) electrons. The second-order valence-electron chi connectivity index (χ2n) is 3.26. The van der Waals surface area contributed by atoms with E-state index in [2.05, 4.69) is 0 Å². The Labute approximate surface area is 98.1 Å². The Bertz CT molecular complexity index is 527. The summed E-state index contributed by atoms with van der Waals surface area (Å²) in [6.45, 7) is 1.55. The molecular weight excluding hydrogens is 220 g/mol. The highest BCUT2D eigenvalue weighted by Crippen LogP contribution is 2.14. The third kappa shape index (κ3) is 2.98. The largest absolute Gasteiger partial charge is 0.312 e. The summed E-state index contributed by atoms with van der Waals surface area (Å²) < 4.78 is 0. The van der Waals surface area contributed by atoms with Crippen molar-refractivity contribution in [3.63, 3.8) is 0 Å². The van der Waals surface area contributed by atoms with Crippen molar-refractivity contribution >= 4 is 11.9 Å². The van der Waals surface area contributed by atoms with Crippen molar-refractivity contribution in [2.24, 2.45) is 0 Å². The molecular formula is C12H10N2O3. The fourth-order valence-electron chi connectivity index (χ4n) is 1.29. The third-order valence-electron chi connectivity index (χ3n) is 2.18. The molecule has 0 heterocycles. The van der Waals surface area contributed by atoms with Gasteiger partial charge in [0.1, 0.15) is 0 Å². The van der Waals surface area contributed by atoms with Gasteiger partial charge in [-0.25, -0.2) is 0 Å². The van der Waals surface area contributed by atoms with Crippen LogP contribution in [0, 0.1) is 21.4 Å². The van der Waals surface area contributed by atoms with Crippen LogP contribution in [0.15, 0.2) is 30.0 Å². The standard InChI is InChI=1S/C12H10N2O3/c1-2-12(15)11(14(16)17)7-9-5-3-4-6-10(9)8-13/h3-7H,2H2,1H3/b11-7-. The van der Waals surface area contributed by atoms with E-state index in [1.807, 2.05) is 6.07 Å². The molecule has 5 heteroatoms. The Morgan fingerprint density at radius 2 is 2.18 bits per heavy atom. The molecule has 0 spiro atoms. The van der Waals surface area contributed by atoms with E-state index in [1.54, 1.807) is 31.2 Å². The van der Waals surface area contributed by atoms with Gasteiger partial charge in [0.25, 0.3) is 0 Å². The summed E-state index contributed by atoms with van der Waals surface area (Å²) >= 11 is 0. The molecule has 0 bridgehead atoms. The number of nitro groups is 1. The van der Waals surface area contributed by atoms with Gasteiger partial charge in [-0.05, 0) is 11.6 Å². The van der Waals surface area contributed by atoms with Crippen LogP contribution in [0.3, 0.4) is 0 Å². The zero-order chi connectivity index (χ0) is 12.8. The van der Waals surface area contributed by atoms with E-state index >= 15 is 0 Å². The lowest BCUT2D eigenvalue weighted by molar-refractivity contribution is -0.417. The lowest BCUT2D eigenvalue weighted by atomic mass is 10.1. The zero-order valence-corrected chi connectivity index (χ0v) is 9.21. The molecule has 0 aliphatic heterocycles. The van der Waals surface area contributed by atoms with Gasteiger partial charge < -0.3 is 0 Å². The number of carbonyl (C=O) groups excluding carboxylic acids is 1. The summed E-state index contributed by atoms with van der Waals surface area (Å²) in [6.07, 6.45) is 1.20. The van der Waals surface area contributed by atoms with Gasteiger partial charge in [-0.15, -0.1) is 0 Å². The Balaban J connectivity index is 3.28. The highest BCUT2D eigenvalue weighted by Gasteiger charge is 2.20. The van der Waals surface area contributed by atoms with Gasteiger partial charge in [-0.2, -0.15) is 5.26 Å². The van der Waals surface area contributed by atoms with E-state index < -0.39 is 16.4 Å². The first-order valence-electron chi connectivity index (χ1n) is 4.98. The Kier molecular flexibility index (Phi) is 4.12.